The topological polar surface area (TPSA) is 93.9 Å². The molecule has 0 saturated heterocycles. The molecule has 2 aromatic heterocycles. The normalized spacial score (nSPS) is 12.3. The Morgan fingerprint density at radius 1 is 1.15 bits per heavy atom. The maximum absolute atomic E-state index is 12.7. The van der Waals surface area contributed by atoms with Crippen LogP contribution in [0.5, 0.6) is 0 Å². The van der Waals surface area contributed by atoms with Crippen molar-refractivity contribution in [1.82, 2.24) is 14.8 Å². The first-order valence-electron chi connectivity index (χ1n) is 10.5. The van der Waals surface area contributed by atoms with Crippen LogP contribution in [0, 0.1) is 25.2 Å². The van der Waals surface area contributed by atoms with Crippen molar-refractivity contribution in [2.24, 2.45) is 0 Å². The van der Waals surface area contributed by atoms with Gasteiger partial charge >= 0.3 is 5.97 Å². The molecule has 2 aromatic carbocycles. The molecule has 0 radical (unpaired) electrons. The highest BCUT2D eigenvalue weighted by Gasteiger charge is 2.22. The highest BCUT2D eigenvalue weighted by molar-refractivity contribution is 6.30. The summed E-state index contributed by atoms with van der Waals surface area (Å²) in [5.41, 5.74) is 4.03. The van der Waals surface area contributed by atoms with Gasteiger partial charge in [-0.2, -0.15) is 5.26 Å². The van der Waals surface area contributed by atoms with E-state index < -0.39 is 12.1 Å². The molecule has 170 valence electrons. The Hall–Kier alpha value is -4.15. The second kappa shape index (κ2) is 9.77. The van der Waals surface area contributed by atoms with Crippen molar-refractivity contribution in [3.63, 3.8) is 0 Å². The van der Waals surface area contributed by atoms with E-state index in [1.54, 1.807) is 13.0 Å². The van der Waals surface area contributed by atoms with Crippen molar-refractivity contribution in [2.75, 3.05) is 0 Å². The number of benzene rings is 2. The van der Waals surface area contributed by atoms with Crippen LogP contribution in [-0.4, -0.2) is 20.7 Å². The molecule has 8 heteroatoms. The van der Waals surface area contributed by atoms with Gasteiger partial charge < -0.3 is 13.7 Å². The third-order valence-corrected chi connectivity index (χ3v) is 5.50. The van der Waals surface area contributed by atoms with Gasteiger partial charge in [-0.05, 0) is 68.8 Å². The molecule has 4 aromatic rings. The Kier molecular flexibility index (Phi) is 6.62. The van der Waals surface area contributed by atoms with Crippen LogP contribution in [-0.2, 0) is 9.53 Å². The van der Waals surface area contributed by atoms with Crippen LogP contribution < -0.4 is 0 Å². The minimum absolute atomic E-state index is 0.138. The second-order valence-electron chi connectivity index (χ2n) is 7.67. The third kappa shape index (κ3) is 4.77. The minimum Gasteiger partial charge on any atom is -0.448 e. The van der Waals surface area contributed by atoms with E-state index in [2.05, 4.69) is 10.2 Å². The Bertz CT molecular complexity index is 1410. The maximum Gasteiger partial charge on any atom is 0.349 e. The van der Waals surface area contributed by atoms with Crippen LogP contribution in [0.1, 0.15) is 35.9 Å². The number of aromatic nitrogens is 3. The summed E-state index contributed by atoms with van der Waals surface area (Å²) in [5, 5.41) is 18.2. The third-order valence-electron chi connectivity index (χ3n) is 5.27. The molecule has 34 heavy (non-hydrogen) atoms. The lowest BCUT2D eigenvalue weighted by Crippen LogP contribution is -2.11. The molecule has 4 rings (SSSR count). The summed E-state index contributed by atoms with van der Waals surface area (Å²) in [6.07, 6.45) is 0.690. The molecule has 1 unspecified atom stereocenters. The van der Waals surface area contributed by atoms with Gasteiger partial charge in [0.25, 0.3) is 5.89 Å². The van der Waals surface area contributed by atoms with E-state index in [1.807, 2.05) is 79.1 Å². The van der Waals surface area contributed by atoms with E-state index in [0.29, 0.717) is 10.9 Å². The second-order valence-corrected chi connectivity index (χ2v) is 8.11. The molecule has 0 spiro atoms. The zero-order valence-electron chi connectivity index (χ0n) is 18.8. The highest BCUT2D eigenvalue weighted by Crippen LogP contribution is 2.26. The molecular formula is C26H21ClN4O3. The number of ether oxygens (including phenoxy) is 1. The van der Waals surface area contributed by atoms with Crippen molar-refractivity contribution in [3.05, 3.63) is 94.1 Å². The molecular weight excluding hydrogens is 452 g/mol. The predicted molar refractivity (Wildman–Crippen MR) is 128 cm³/mol. The highest BCUT2D eigenvalue weighted by atomic mass is 35.5. The van der Waals surface area contributed by atoms with Crippen molar-refractivity contribution >= 4 is 23.6 Å². The molecule has 0 aliphatic rings. The van der Waals surface area contributed by atoms with Crippen LogP contribution >= 0.6 is 11.6 Å². The van der Waals surface area contributed by atoms with Crippen LogP contribution in [0.3, 0.4) is 0 Å². The molecule has 0 saturated carbocycles. The quantitative estimate of drug-likeness (QED) is 0.194. The standard InChI is InChI=1S/C26H21ClN4O3/c1-16-12-20(17(2)31(16)23-11-7-10-22(27)14-23)13-21(15-28)26(32)33-18(3)24-29-30-25(34-24)19-8-5-4-6-9-19/h4-14,18H,1-3H3/b21-13+. The summed E-state index contributed by atoms with van der Waals surface area (Å²) in [5.74, 6) is -0.311. The smallest absolute Gasteiger partial charge is 0.349 e. The molecule has 0 fully saturated rings. The predicted octanol–water partition coefficient (Wildman–Crippen LogP) is 6.01. The van der Waals surface area contributed by atoms with Crippen LogP contribution in [0.15, 0.2) is 70.7 Å². The van der Waals surface area contributed by atoms with E-state index >= 15 is 0 Å². The number of carbonyl (C=O) groups is 1. The number of carbonyl (C=O) groups excluding carboxylic acids is 1. The monoisotopic (exact) mass is 472 g/mol. The zero-order chi connectivity index (χ0) is 24.2. The van der Waals surface area contributed by atoms with Gasteiger partial charge in [-0.15, -0.1) is 10.2 Å². The van der Waals surface area contributed by atoms with E-state index in [9.17, 15) is 10.1 Å². The van der Waals surface area contributed by atoms with Gasteiger partial charge in [-0.25, -0.2) is 4.79 Å². The minimum atomic E-state index is -0.826. The fraction of sp³-hybridized carbons (Fsp3) is 0.154. The first-order valence-corrected chi connectivity index (χ1v) is 10.9. The number of hydrogen-bond donors (Lipinski definition) is 0. The Balaban J connectivity index is 1.54. The number of rotatable bonds is 6. The van der Waals surface area contributed by atoms with Gasteiger partial charge in [-0.1, -0.05) is 35.9 Å². The Morgan fingerprint density at radius 2 is 1.91 bits per heavy atom. The van der Waals surface area contributed by atoms with Gasteiger partial charge in [-0.3, -0.25) is 0 Å². The number of hydrogen-bond acceptors (Lipinski definition) is 6. The van der Waals surface area contributed by atoms with Crippen LogP contribution in [0.4, 0.5) is 0 Å². The zero-order valence-corrected chi connectivity index (χ0v) is 19.6. The van der Waals surface area contributed by atoms with E-state index in [4.69, 9.17) is 20.8 Å². The van der Waals surface area contributed by atoms with Crippen molar-refractivity contribution in [3.8, 4) is 23.2 Å². The lowest BCUT2D eigenvalue weighted by atomic mass is 10.1. The summed E-state index contributed by atoms with van der Waals surface area (Å²) in [4.78, 5) is 12.7. The van der Waals surface area contributed by atoms with Crippen molar-refractivity contribution in [1.29, 1.82) is 5.26 Å². The van der Waals surface area contributed by atoms with Crippen LogP contribution in [0.25, 0.3) is 23.2 Å². The summed E-state index contributed by atoms with van der Waals surface area (Å²) in [6, 6.07) is 20.6. The fourth-order valence-corrected chi connectivity index (χ4v) is 3.79. The molecule has 0 N–H and O–H groups in total. The number of aryl methyl sites for hydroxylation is 1. The van der Waals surface area contributed by atoms with Crippen LogP contribution in [0.2, 0.25) is 5.02 Å². The fourth-order valence-electron chi connectivity index (χ4n) is 3.61. The van der Waals surface area contributed by atoms with Gasteiger partial charge in [0, 0.05) is 27.7 Å². The molecule has 0 bridgehead atoms. The molecule has 2 heterocycles. The SMILES string of the molecule is Cc1cc(/C=C(\C#N)C(=O)OC(C)c2nnc(-c3ccccc3)o2)c(C)n1-c1cccc(Cl)c1. The average Bonchev–Trinajstić information content (AvgIpc) is 3.43. The van der Waals surface area contributed by atoms with Gasteiger partial charge in [0.2, 0.25) is 5.89 Å². The first kappa shape index (κ1) is 23.0. The maximum atomic E-state index is 12.7. The average molecular weight is 473 g/mol. The van der Waals surface area contributed by atoms with E-state index in [-0.39, 0.29) is 11.5 Å². The van der Waals surface area contributed by atoms with Gasteiger partial charge in [0.05, 0.1) is 0 Å². The summed E-state index contributed by atoms with van der Waals surface area (Å²) < 4.78 is 13.1. The van der Waals surface area contributed by atoms with E-state index in [1.165, 1.54) is 6.08 Å². The summed E-state index contributed by atoms with van der Waals surface area (Å²) in [6.45, 7) is 5.46. The van der Waals surface area contributed by atoms with Gasteiger partial charge in [0.1, 0.15) is 11.6 Å². The Morgan fingerprint density at radius 3 is 2.62 bits per heavy atom. The molecule has 0 aliphatic carbocycles. The first-order chi connectivity index (χ1) is 16.4. The van der Waals surface area contributed by atoms with Gasteiger partial charge in [0.15, 0.2) is 6.10 Å². The Labute approximate surface area is 201 Å². The summed E-state index contributed by atoms with van der Waals surface area (Å²) >= 11 is 6.14. The summed E-state index contributed by atoms with van der Waals surface area (Å²) in [7, 11) is 0. The molecule has 7 nitrogen and oxygen atoms in total. The molecule has 1 atom stereocenters. The van der Waals surface area contributed by atoms with E-state index in [0.717, 1.165) is 28.2 Å². The number of nitriles is 1. The number of halogens is 1. The lowest BCUT2D eigenvalue weighted by molar-refractivity contribution is -0.144. The molecule has 0 amide bonds. The number of nitrogens with zero attached hydrogens (tertiary/aromatic N) is 4. The largest absolute Gasteiger partial charge is 0.448 e. The lowest BCUT2D eigenvalue weighted by Gasteiger charge is -2.10. The molecule has 0 aliphatic heterocycles. The van der Waals surface area contributed by atoms with Crippen molar-refractivity contribution < 1.29 is 13.9 Å². The number of esters is 1. The van der Waals surface area contributed by atoms with Crippen molar-refractivity contribution in [2.45, 2.75) is 26.9 Å².